The number of H-pyrrole nitrogens is 1. The molecule has 3 rings (SSSR count). The normalized spacial score (nSPS) is 15.3. The van der Waals surface area contributed by atoms with Gasteiger partial charge in [0.15, 0.2) is 0 Å². The molecule has 0 spiro atoms. The lowest BCUT2D eigenvalue weighted by molar-refractivity contribution is 0.0688. The van der Waals surface area contributed by atoms with Crippen LogP contribution >= 0.6 is 35.3 Å². The molecule has 3 heterocycles. The molecule has 2 aromatic heterocycles. The molecule has 2 N–H and O–H groups in total. The first kappa shape index (κ1) is 19.3. The predicted octanol–water partition coefficient (Wildman–Crippen LogP) is 4.28. The smallest absolute Gasteiger partial charge is 0.256 e. The van der Waals surface area contributed by atoms with E-state index >= 15 is 0 Å². The maximum atomic E-state index is 12.8. The van der Waals surface area contributed by atoms with E-state index in [0.717, 1.165) is 58.7 Å². The number of aromatic amines is 1. The number of nitrogens with one attached hydrogen (secondary N) is 2. The van der Waals surface area contributed by atoms with Crippen LogP contribution in [0.4, 0.5) is 0 Å². The molecule has 0 unspecified atom stereocenters. The predicted molar refractivity (Wildman–Crippen MR) is 104 cm³/mol. The van der Waals surface area contributed by atoms with Crippen LogP contribution in [0.5, 0.6) is 0 Å². The van der Waals surface area contributed by atoms with Crippen LogP contribution in [0.2, 0.25) is 4.34 Å². The third kappa shape index (κ3) is 4.33. The summed E-state index contributed by atoms with van der Waals surface area (Å²) in [7, 11) is 1.99. The summed E-state index contributed by atoms with van der Waals surface area (Å²) in [5.74, 6) is 0.853. The fourth-order valence-electron chi connectivity index (χ4n) is 3.15. The van der Waals surface area contributed by atoms with E-state index in [-0.39, 0.29) is 18.3 Å². The van der Waals surface area contributed by atoms with Crippen LogP contribution in [0, 0.1) is 5.92 Å². The second-order valence-corrected chi connectivity index (χ2v) is 7.73. The summed E-state index contributed by atoms with van der Waals surface area (Å²) < 4.78 is 0.741. The van der Waals surface area contributed by atoms with Crippen molar-refractivity contribution in [1.82, 2.24) is 15.2 Å². The zero-order valence-corrected chi connectivity index (χ0v) is 16.1. The minimum Gasteiger partial charge on any atom is -0.366 e. The van der Waals surface area contributed by atoms with Crippen molar-refractivity contribution in [3.05, 3.63) is 34.4 Å². The Bertz CT molecular complexity index is 662. The van der Waals surface area contributed by atoms with E-state index in [1.165, 1.54) is 17.8 Å². The Hall–Kier alpha value is -1.01. The third-order valence-corrected chi connectivity index (χ3v) is 5.78. The maximum absolute atomic E-state index is 12.8. The number of carbonyl (C=O) groups excluding carboxylic acids is 1. The molecule has 1 aliphatic heterocycles. The van der Waals surface area contributed by atoms with Crippen molar-refractivity contribution in [3.63, 3.8) is 0 Å². The summed E-state index contributed by atoms with van der Waals surface area (Å²) >= 11 is 7.52. The number of piperidine rings is 1. The molecule has 0 aromatic carbocycles. The molecule has 132 valence electrons. The first-order chi connectivity index (χ1) is 11.2. The summed E-state index contributed by atoms with van der Waals surface area (Å²) in [5, 5.41) is 3.20. The molecule has 7 heteroatoms. The Kier molecular flexibility index (Phi) is 7.16. The molecule has 2 aromatic rings. The average Bonchev–Trinajstić information content (AvgIpc) is 3.21. The molecular weight excluding hydrogens is 365 g/mol. The van der Waals surface area contributed by atoms with Crippen molar-refractivity contribution < 1.29 is 4.79 Å². The zero-order chi connectivity index (χ0) is 16.2. The first-order valence-electron chi connectivity index (χ1n) is 8.05. The molecular formula is C17H23Cl2N3OS. The van der Waals surface area contributed by atoms with Crippen LogP contribution in [-0.2, 0) is 0 Å². The van der Waals surface area contributed by atoms with Gasteiger partial charge < -0.3 is 15.2 Å². The molecule has 1 aliphatic rings. The van der Waals surface area contributed by atoms with Gasteiger partial charge in [-0.25, -0.2) is 0 Å². The second-order valence-electron chi connectivity index (χ2n) is 6.01. The summed E-state index contributed by atoms with van der Waals surface area (Å²) in [4.78, 5) is 18.9. The molecule has 0 saturated carbocycles. The molecule has 1 saturated heterocycles. The van der Waals surface area contributed by atoms with Gasteiger partial charge in [0.1, 0.15) is 0 Å². The van der Waals surface area contributed by atoms with E-state index in [1.807, 2.05) is 30.3 Å². The number of rotatable bonds is 5. The van der Waals surface area contributed by atoms with E-state index in [2.05, 4.69) is 10.3 Å². The molecule has 1 amide bonds. The Morgan fingerprint density at radius 1 is 1.38 bits per heavy atom. The van der Waals surface area contributed by atoms with Gasteiger partial charge in [-0.2, -0.15) is 0 Å². The summed E-state index contributed by atoms with van der Waals surface area (Å²) in [6.07, 6.45) is 7.07. The monoisotopic (exact) mass is 387 g/mol. The van der Waals surface area contributed by atoms with Gasteiger partial charge in [0.25, 0.3) is 5.91 Å². The lowest BCUT2D eigenvalue weighted by Gasteiger charge is -2.32. The molecule has 24 heavy (non-hydrogen) atoms. The van der Waals surface area contributed by atoms with Gasteiger partial charge in [0.05, 0.1) is 9.90 Å². The van der Waals surface area contributed by atoms with Gasteiger partial charge >= 0.3 is 0 Å². The topological polar surface area (TPSA) is 48.1 Å². The Morgan fingerprint density at radius 2 is 2.12 bits per heavy atom. The van der Waals surface area contributed by atoms with Gasteiger partial charge in [-0.05, 0) is 50.9 Å². The zero-order valence-electron chi connectivity index (χ0n) is 13.7. The SMILES string of the molecule is CNCCC1CCN(C(=O)c2c[nH]cc2-c2ccc(Cl)s2)CC1.Cl. The number of nitrogens with zero attached hydrogens (tertiary/aromatic N) is 1. The fourth-order valence-corrected chi connectivity index (χ4v) is 4.22. The Balaban J connectivity index is 0.00000208. The van der Waals surface area contributed by atoms with Gasteiger partial charge in [-0.1, -0.05) is 11.6 Å². The highest BCUT2D eigenvalue weighted by Gasteiger charge is 2.25. The number of thiophene rings is 1. The quantitative estimate of drug-likeness (QED) is 0.803. The molecule has 4 nitrogen and oxygen atoms in total. The minimum atomic E-state index is 0. The van der Waals surface area contributed by atoms with Crippen LogP contribution < -0.4 is 5.32 Å². The number of hydrogen-bond acceptors (Lipinski definition) is 3. The van der Waals surface area contributed by atoms with E-state index in [4.69, 9.17) is 11.6 Å². The molecule has 0 atom stereocenters. The van der Waals surface area contributed by atoms with Crippen LogP contribution in [0.15, 0.2) is 24.5 Å². The number of hydrogen-bond donors (Lipinski definition) is 2. The maximum Gasteiger partial charge on any atom is 0.256 e. The molecule has 0 bridgehead atoms. The average molecular weight is 388 g/mol. The lowest BCUT2D eigenvalue weighted by atomic mass is 9.93. The number of aromatic nitrogens is 1. The van der Waals surface area contributed by atoms with Crippen molar-refractivity contribution in [2.24, 2.45) is 5.92 Å². The van der Waals surface area contributed by atoms with Crippen molar-refractivity contribution in [1.29, 1.82) is 0 Å². The standard InChI is InChI=1S/C17H22ClN3OS.ClH/c1-19-7-4-12-5-8-21(9-6-12)17(22)14-11-20-10-13(14)15-2-3-16(18)23-15;/h2-3,10-12,19-20H,4-9H2,1H3;1H. The van der Waals surface area contributed by atoms with E-state index in [9.17, 15) is 4.79 Å². The minimum absolute atomic E-state index is 0. The van der Waals surface area contributed by atoms with Crippen molar-refractivity contribution in [2.45, 2.75) is 19.3 Å². The van der Waals surface area contributed by atoms with Gasteiger partial charge in [-0.3, -0.25) is 4.79 Å². The summed E-state index contributed by atoms with van der Waals surface area (Å²) in [6.45, 7) is 2.76. The highest BCUT2D eigenvalue weighted by atomic mass is 35.5. The van der Waals surface area contributed by atoms with Crippen LogP contribution in [0.3, 0.4) is 0 Å². The van der Waals surface area contributed by atoms with Crippen molar-refractivity contribution in [3.8, 4) is 10.4 Å². The fraction of sp³-hybridized carbons (Fsp3) is 0.471. The molecule has 0 radical (unpaired) electrons. The van der Waals surface area contributed by atoms with E-state index in [1.54, 1.807) is 6.20 Å². The highest BCUT2D eigenvalue weighted by Crippen LogP contribution is 2.34. The summed E-state index contributed by atoms with van der Waals surface area (Å²) in [6, 6.07) is 3.84. The van der Waals surface area contributed by atoms with Crippen molar-refractivity contribution >= 4 is 41.3 Å². The second kappa shape index (κ2) is 8.90. The van der Waals surface area contributed by atoms with Crippen molar-refractivity contribution in [2.75, 3.05) is 26.7 Å². The Labute approximate surface area is 158 Å². The molecule has 1 fully saturated rings. The van der Waals surface area contributed by atoms with Crippen LogP contribution in [-0.4, -0.2) is 42.5 Å². The van der Waals surface area contributed by atoms with Gasteiger partial charge in [0, 0.05) is 35.9 Å². The number of likely N-dealkylation sites (tertiary alicyclic amines) is 1. The number of amides is 1. The lowest BCUT2D eigenvalue weighted by Crippen LogP contribution is -2.39. The van der Waals surface area contributed by atoms with Crippen LogP contribution in [0.1, 0.15) is 29.6 Å². The summed E-state index contributed by atoms with van der Waals surface area (Å²) in [5.41, 5.74) is 1.70. The van der Waals surface area contributed by atoms with Gasteiger partial charge in [-0.15, -0.1) is 23.7 Å². The number of carbonyl (C=O) groups is 1. The van der Waals surface area contributed by atoms with E-state index < -0.39 is 0 Å². The van der Waals surface area contributed by atoms with Crippen LogP contribution in [0.25, 0.3) is 10.4 Å². The number of halogens is 2. The van der Waals surface area contributed by atoms with E-state index in [0.29, 0.717) is 0 Å². The largest absolute Gasteiger partial charge is 0.366 e. The van der Waals surface area contributed by atoms with Gasteiger partial charge in [0.2, 0.25) is 0 Å². The third-order valence-electron chi connectivity index (χ3n) is 4.52. The first-order valence-corrected chi connectivity index (χ1v) is 9.25. The molecule has 0 aliphatic carbocycles. The highest BCUT2D eigenvalue weighted by molar-refractivity contribution is 7.19. The Morgan fingerprint density at radius 3 is 2.75 bits per heavy atom.